The van der Waals surface area contributed by atoms with Gasteiger partial charge in [0.25, 0.3) is 5.91 Å². The standard InChI is InChI=1S/C27H40N2O6/c1-10-17(5)35-27(8,9)15-26(6,7)29-19-13-12-14-20(34-23(16(3)4)25(32)33)21(19)18(11-2)22(30)24(28)31/h10-14,16,23,29H,15H2,1-9H3,(H2,28,31)(H,32,33)/b17-10+,18-11-. The summed E-state index contributed by atoms with van der Waals surface area (Å²) in [5, 5.41) is 13.1. The van der Waals surface area contributed by atoms with Crippen molar-refractivity contribution < 1.29 is 29.0 Å². The summed E-state index contributed by atoms with van der Waals surface area (Å²) in [6.07, 6.45) is 2.78. The second kappa shape index (κ2) is 11.9. The Morgan fingerprint density at radius 2 is 1.71 bits per heavy atom. The lowest BCUT2D eigenvalue weighted by Crippen LogP contribution is -2.41. The number of Topliss-reactive ketones (excluding diaryl/α,β-unsaturated/α-hetero) is 1. The second-order valence-corrected chi connectivity index (χ2v) is 10.1. The molecule has 0 fully saturated rings. The third-order valence-electron chi connectivity index (χ3n) is 5.34. The van der Waals surface area contributed by atoms with Crippen LogP contribution in [0.2, 0.25) is 0 Å². The molecule has 0 radical (unpaired) electrons. The molecule has 1 aromatic rings. The monoisotopic (exact) mass is 488 g/mol. The smallest absolute Gasteiger partial charge is 0.345 e. The van der Waals surface area contributed by atoms with E-state index in [0.29, 0.717) is 12.1 Å². The Hall–Kier alpha value is -3.29. The van der Waals surface area contributed by atoms with Crippen LogP contribution in [-0.4, -0.2) is 40.0 Å². The molecule has 0 aliphatic carbocycles. The molecule has 4 N–H and O–H groups in total. The first-order chi connectivity index (χ1) is 16.0. The van der Waals surface area contributed by atoms with Gasteiger partial charge in [-0.2, -0.15) is 0 Å². The van der Waals surface area contributed by atoms with Crippen molar-refractivity contribution >= 4 is 28.9 Å². The zero-order chi connectivity index (χ0) is 27.1. The number of hydrogen-bond acceptors (Lipinski definition) is 6. The van der Waals surface area contributed by atoms with Crippen LogP contribution in [0.15, 0.2) is 36.1 Å². The van der Waals surface area contributed by atoms with E-state index in [1.54, 1.807) is 39.0 Å². The maximum absolute atomic E-state index is 12.7. The summed E-state index contributed by atoms with van der Waals surface area (Å²) in [7, 11) is 0. The van der Waals surface area contributed by atoms with E-state index in [0.717, 1.165) is 5.76 Å². The first-order valence-electron chi connectivity index (χ1n) is 11.7. The highest BCUT2D eigenvalue weighted by molar-refractivity contribution is 6.53. The molecule has 8 heteroatoms. The van der Waals surface area contributed by atoms with Gasteiger partial charge in [-0.15, -0.1) is 0 Å². The van der Waals surface area contributed by atoms with Gasteiger partial charge in [-0.25, -0.2) is 4.79 Å². The van der Waals surface area contributed by atoms with Gasteiger partial charge in [0.05, 0.1) is 11.3 Å². The molecule has 35 heavy (non-hydrogen) atoms. The van der Waals surface area contributed by atoms with Gasteiger partial charge in [-0.3, -0.25) is 9.59 Å². The lowest BCUT2D eigenvalue weighted by molar-refractivity contribution is -0.147. The van der Waals surface area contributed by atoms with Crippen LogP contribution in [0.25, 0.3) is 5.57 Å². The van der Waals surface area contributed by atoms with E-state index in [1.165, 1.54) is 6.08 Å². The molecule has 8 nitrogen and oxygen atoms in total. The third-order valence-corrected chi connectivity index (χ3v) is 5.34. The molecule has 0 saturated heterocycles. The van der Waals surface area contributed by atoms with Gasteiger partial charge < -0.3 is 25.6 Å². The van der Waals surface area contributed by atoms with Gasteiger partial charge in [-0.05, 0) is 66.7 Å². The van der Waals surface area contributed by atoms with Crippen molar-refractivity contribution in [3.05, 3.63) is 41.7 Å². The molecule has 1 amide bonds. The maximum Gasteiger partial charge on any atom is 0.345 e. The predicted molar refractivity (Wildman–Crippen MR) is 138 cm³/mol. The number of primary amides is 1. The summed E-state index contributed by atoms with van der Waals surface area (Å²) >= 11 is 0. The average Bonchev–Trinajstić information content (AvgIpc) is 2.71. The van der Waals surface area contributed by atoms with Crippen LogP contribution in [-0.2, 0) is 19.1 Å². The van der Waals surface area contributed by atoms with E-state index in [-0.39, 0.29) is 22.8 Å². The largest absolute Gasteiger partial charge is 0.493 e. The summed E-state index contributed by atoms with van der Waals surface area (Å²) < 4.78 is 12.0. The average molecular weight is 489 g/mol. The van der Waals surface area contributed by atoms with Crippen LogP contribution in [0, 0.1) is 5.92 Å². The maximum atomic E-state index is 12.7. The van der Waals surface area contributed by atoms with Crippen molar-refractivity contribution in [3.8, 4) is 5.75 Å². The number of hydrogen-bond donors (Lipinski definition) is 3. The van der Waals surface area contributed by atoms with E-state index < -0.39 is 34.9 Å². The van der Waals surface area contributed by atoms with Gasteiger partial charge in [0.15, 0.2) is 6.10 Å². The van der Waals surface area contributed by atoms with E-state index in [9.17, 15) is 19.5 Å². The van der Waals surface area contributed by atoms with Crippen molar-refractivity contribution in [2.45, 2.75) is 86.0 Å². The zero-order valence-electron chi connectivity index (χ0n) is 22.3. The fourth-order valence-corrected chi connectivity index (χ4v) is 4.15. The first kappa shape index (κ1) is 29.7. The van der Waals surface area contributed by atoms with Crippen LogP contribution in [0.3, 0.4) is 0 Å². The van der Waals surface area contributed by atoms with Gasteiger partial charge in [0, 0.05) is 29.1 Å². The lowest BCUT2D eigenvalue weighted by atomic mass is 9.88. The molecule has 0 bridgehead atoms. The quantitative estimate of drug-likeness (QED) is 0.204. The van der Waals surface area contributed by atoms with Crippen LogP contribution in [0.5, 0.6) is 5.75 Å². The molecule has 0 aromatic heterocycles. The summed E-state index contributed by atoms with van der Waals surface area (Å²) in [5.74, 6) is -2.53. The lowest BCUT2D eigenvalue weighted by Gasteiger charge is -2.37. The Morgan fingerprint density at radius 3 is 2.17 bits per heavy atom. The molecular formula is C27H40N2O6. The van der Waals surface area contributed by atoms with Crippen molar-refractivity contribution in [3.63, 3.8) is 0 Å². The molecule has 0 aliphatic rings. The van der Waals surface area contributed by atoms with Gasteiger partial charge in [0.1, 0.15) is 11.4 Å². The fraction of sp³-hybridized carbons (Fsp3) is 0.519. The minimum absolute atomic E-state index is 0.0274. The molecule has 1 aromatic carbocycles. The van der Waals surface area contributed by atoms with Crippen LogP contribution in [0.1, 0.15) is 74.3 Å². The molecule has 0 aliphatic heterocycles. The minimum Gasteiger partial charge on any atom is -0.493 e. The van der Waals surface area contributed by atoms with Crippen LogP contribution in [0.4, 0.5) is 5.69 Å². The topological polar surface area (TPSA) is 128 Å². The number of carbonyl (C=O) groups is 3. The number of aliphatic carboxylic acids is 1. The van der Waals surface area contributed by atoms with Crippen molar-refractivity contribution in [1.29, 1.82) is 0 Å². The van der Waals surface area contributed by atoms with Gasteiger partial charge in [0.2, 0.25) is 5.78 Å². The zero-order valence-corrected chi connectivity index (χ0v) is 22.3. The molecule has 1 atom stereocenters. The number of rotatable bonds is 13. The fourth-order valence-electron chi connectivity index (χ4n) is 4.15. The number of nitrogens with one attached hydrogen (secondary N) is 1. The van der Waals surface area contributed by atoms with Gasteiger partial charge >= 0.3 is 5.97 Å². The summed E-state index contributed by atoms with van der Waals surface area (Å²) in [4.78, 5) is 36.3. The molecular weight excluding hydrogens is 448 g/mol. The van der Waals surface area contributed by atoms with Gasteiger partial charge in [-0.1, -0.05) is 26.0 Å². The Bertz CT molecular complexity index is 1000. The number of carbonyl (C=O) groups excluding carboxylic acids is 2. The number of allylic oxidation sites excluding steroid dienone is 3. The Labute approximate surface area is 208 Å². The number of amides is 1. The highest BCUT2D eigenvalue weighted by Crippen LogP contribution is 2.38. The molecule has 0 spiro atoms. The summed E-state index contributed by atoms with van der Waals surface area (Å²) in [6, 6.07) is 5.02. The molecule has 1 rings (SSSR count). The SMILES string of the molecule is C/C=C(\C(=O)C(N)=O)c1c(NC(C)(C)CC(C)(C)O/C(C)=C/C)cccc1OC(C(=O)O)C(C)C. The predicted octanol–water partition coefficient (Wildman–Crippen LogP) is 4.93. The normalized spacial score (nSPS) is 13.9. The molecule has 1 unspecified atom stereocenters. The first-order valence-corrected chi connectivity index (χ1v) is 11.7. The van der Waals surface area contributed by atoms with Crippen molar-refractivity contribution in [2.24, 2.45) is 11.7 Å². The van der Waals surface area contributed by atoms with E-state index in [1.807, 2.05) is 47.6 Å². The number of ketones is 1. The second-order valence-electron chi connectivity index (χ2n) is 10.1. The summed E-state index contributed by atoms with van der Waals surface area (Å²) in [6.45, 7) is 16.8. The third kappa shape index (κ3) is 8.46. The molecule has 0 saturated carbocycles. The molecule has 194 valence electrons. The van der Waals surface area contributed by atoms with E-state index >= 15 is 0 Å². The summed E-state index contributed by atoms with van der Waals surface area (Å²) in [5.41, 5.74) is 5.07. The highest BCUT2D eigenvalue weighted by Gasteiger charge is 2.33. The minimum atomic E-state index is -1.16. The number of anilines is 1. The van der Waals surface area contributed by atoms with Crippen LogP contribution >= 0.6 is 0 Å². The molecule has 0 heterocycles. The van der Waals surface area contributed by atoms with E-state index in [4.69, 9.17) is 15.2 Å². The Morgan fingerprint density at radius 1 is 1.11 bits per heavy atom. The number of ether oxygens (including phenoxy) is 2. The number of nitrogens with two attached hydrogens (primary N) is 1. The Kier molecular flexibility index (Phi) is 10.1. The van der Waals surface area contributed by atoms with Crippen molar-refractivity contribution in [1.82, 2.24) is 0 Å². The highest BCUT2D eigenvalue weighted by atomic mass is 16.5. The number of carboxylic acid groups (broad SMARTS) is 1. The number of carboxylic acids is 1. The number of benzene rings is 1. The van der Waals surface area contributed by atoms with Crippen molar-refractivity contribution in [2.75, 3.05) is 5.32 Å². The Balaban J connectivity index is 3.61. The van der Waals surface area contributed by atoms with E-state index in [2.05, 4.69) is 5.32 Å². The van der Waals surface area contributed by atoms with Crippen LogP contribution < -0.4 is 15.8 Å².